The molecule has 0 atom stereocenters. The maximum absolute atomic E-state index is 13.3. The number of benzene rings is 4. The second-order valence-corrected chi connectivity index (χ2v) is 20.6. The van der Waals surface area contributed by atoms with Crippen molar-refractivity contribution < 1.29 is 28.8 Å². The van der Waals surface area contributed by atoms with Gasteiger partial charge in [-0.05, 0) is 127 Å². The van der Waals surface area contributed by atoms with Crippen LogP contribution in [0.4, 0.5) is 22.7 Å². The van der Waals surface area contributed by atoms with Gasteiger partial charge in [-0.1, -0.05) is 143 Å². The van der Waals surface area contributed by atoms with Gasteiger partial charge in [-0.3, -0.25) is 33.4 Å². The molecule has 3 aliphatic rings. The van der Waals surface area contributed by atoms with E-state index in [0.29, 0.717) is 25.0 Å². The number of amides is 1. The van der Waals surface area contributed by atoms with E-state index in [9.17, 15) is 24.0 Å². The van der Waals surface area contributed by atoms with Crippen molar-refractivity contribution in [2.24, 2.45) is 0 Å². The van der Waals surface area contributed by atoms with Crippen LogP contribution in [0.25, 0.3) is 23.1 Å². The number of aromatic nitrogens is 1. The SMILES string of the molecule is CCCCCCN1c2ccccc2CCc2cc(/C=C/C=O)ccc21.CCCCCCN1c2ccccc2CCc2cc(/C=C/C=c3/s/c(=C4/SC(=S)N(CC)C4=O)n(COC=O)c3=O)ccc21.CNOC(C)=O. The number of rotatable bonds is 19. The zero-order valence-electron chi connectivity index (χ0n) is 43.3. The predicted octanol–water partition coefficient (Wildman–Crippen LogP) is 10.7. The highest BCUT2D eigenvalue weighted by atomic mass is 32.2. The van der Waals surface area contributed by atoms with Crippen molar-refractivity contribution in [1.82, 2.24) is 14.9 Å². The summed E-state index contributed by atoms with van der Waals surface area (Å²) in [6.45, 7) is 10.2. The lowest BCUT2D eigenvalue weighted by Crippen LogP contribution is -2.34. The Bertz CT molecular complexity index is 3000. The minimum absolute atomic E-state index is 0.243. The zero-order valence-corrected chi connectivity index (χ0v) is 45.8. The summed E-state index contributed by atoms with van der Waals surface area (Å²) in [7, 11) is 1.53. The largest absolute Gasteiger partial charge is 0.446 e. The molecule has 1 N–H and O–H groups in total. The predicted molar refractivity (Wildman–Crippen MR) is 308 cm³/mol. The molecule has 3 aliphatic heterocycles. The third-order valence-electron chi connectivity index (χ3n) is 12.8. The molecule has 1 aromatic heterocycles. The number of aldehydes is 1. The third-order valence-corrected chi connectivity index (χ3v) is 15.6. The number of carbonyl (C=O) groups excluding carboxylic acids is 4. The van der Waals surface area contributed by atoms with Gasteiger partial charge in [0.25, 0.3) is 17.9 Å². The van der Waals surface area contributed by atoms with Crippen molar-refractivity contribution in [3.8, 4) is 0 Å². The minimum Gasteiger partial charge on any atom is -0.446 e. The van der Waals surface area contributed by atoms with Crippen LogP contribution in [-0.4, -0.2) is 65.1 Å². The molecule has 1 amide bonds. The monoisotopic (exact) mass is 1060 g/mol. The quantitative estimate of drug-likeness (QED) is 0.0278. The van der Waals surface area contributed by atoms with E-state index in [1.54, 1.807) is 12.2 Å². The molecule has 0 spiro atoms. The Morgan fingerprint density at radius 2 is 1.22 bits per heavy atom. The maximum atomic E-state index is 13.3. The van der Waals surface area contributed by atoms with E-state index in [0.717, 1.165) is 74.4 Å². The molecule has 5 aromatic rings. The molecule has 390 valence electrons. The Hall–Kier alpha value is -6.39. The highest BCUT2D eigenvalue weighted by Crippen LogP contribution is 2.39. The van der Waals surface area contributed by atoms with Crippen LogP contribution in [0.2, 0.25) is 0 Å². The van der Waals surface area contributed by atoms with Crippen molar-refractivity contribution in [2.45, 2.75) is 111 Å². The number of hydrogen-bond donors (Lipinski definition) is 1. The zero-order chi connectivity index (χ0) is 52.8. The first kappa shape index (κ1) is 56.9. The molecule has 0 aliphatic carbocycles. The Kier molecular flexibility index (Phi) is 22.7. The van der Waals surface area contributed by atoms with E-state index in [-0.39, 0.29) is 30.6 Å². The first-order valence-electron chi connectivity index (χ1n) is 25.7. The number of unbranched alkanes of at least 4 members (excludes halogenated alkanes) is 6. The number of para-hydroxylation sites is 2. The molecule has 0 bridgehead atoms. The van der Waals surface area contributed by atoms with Crippen LogP contribution in [0, 0.1) is 0 Å². The number of carbonyl (C=O) groups is 4. The second kappa shape index (κ2) is 29.5. The van der Waals surface area contributed by atoms with Crippen LogP contribution in [0.1, 0.15) is 112 Å². The third kappa shape index (κ3) is 15.1. The number of hydroxylamine groups is 1. The molecule has 4 aromatic carbocycles. The summed E-state index contributed by atoms with van der Waals surface area (Å²) >= 11 is 7.71. The number of ether oxygens (including phenoxy) is 1. The van der Waals surface area contributed by atoms with Crippen LogP contribution in [0.3, 0.4) is 0 Å². The average Bonchev–Trinajstić information content (AvgIpc) is 3.74. The van der Waals surface area contributed by atoms with Gasteiger partial charge in [0.05, 0.1) is 4.53 Å². The maximum Gasteiger partial charge on any atom is 0.321 e. The fourth-order valence-electron chi connectivity index (χ4n) is 9.25. The lowest BCUT2D eigenvalue weighted by molar-refractivity contribution is -0.147. The van der Waals surface area contributed by atoms with Crippen LogP contribution in [0.5, 0.6) is 0 Å². The summed E-state index contributed by atoms with van der Waals surface area (Å²) in [6.07, 6.45) is 23.9. The topological polar surface area (TPSA) is 130 Å². The van der Waals surface area contributed by atoms with Crippen molar-refractivity contribution in [1.29, 1.82) is 0 Å². The fraction of sp³-hybridized carbons (Fsp3) is 0.356. The molecule has 0 unspecified atom stereocenters. The lowest BCUT2D eigenvalue weighted by Gasteiger charge is -2.27. The molecule has 4 heterocycles. The van der Waals surface area contributed by atoms with Gasteiger partial charge >= 0.3 is 5.97 Å². The normalized spacial score (nSPS) is 14.8. The number of nitrogens with one attached hydrogen (secondary N) is 1. The van der Waals surface area contributed by atoms with Crippen molar-refractivity contribution in [2.75, 3.05) is 36.5 Å². The lowest BCUT2D eigenvalue weighted by atomic mass is 10.0. The van der Waals surface area contributed by atoms with Gasteiger partial charge in [-0.2, -0.15) is 5.48 Å². The summed E-state index contributed by atoms with van der Waals surface area (Å²) in [6, 6.07) is 30.7. The molecule has 8 rings (SSSR count). The van der Waals surface area contributed by atoms with Crippen LogP contribution in [0.15, 0.2) is 102 Å². The number of nitrogens with zero attached hydrogens (tertiary/aromatic N) is 4. The molecular weight excluding hydrogens is 987 g/mol. The summed E-state index contributed by atoms with van der Waals surface area (Å²) in [4.78, 5) is 68.5. The van der Waals surface area contributed by atoms with E-state index in [4.69, 9.17) is 17.0 Å². The molecule has 0 radical (unpaired) electrons. The minimum atomic E-state index is -0.327. The number of anilines is 4. The molecule has 74 heavy (non-hydrogen) atoms. The summed E-state index contributed by atoms with van der Waals surface area (Å²) < 4.78 is 7.54. The van der Waals surface area contributed by atoms with Crippen molar-refractivity contribution >= 4 is 110 Å². The second-order valence-electron chi connectivity index (χ2n) is 17.9. The molecule has 15 heteroatoms. The van der Waals surface area contributed by atoms with E-state index < -0.39 is 0 Å². The van der Waals surface area contributed by atoms with Crippen molar-refractivity contribution in [3.63, 3.8) is 0 Å². The Morgan fingerprint density at radius 1 is 0.689 bits per heavy atom. The van der Waals surface area contributed by atoms with Gasteiger partial charge in [0.1, 0.15) is 20.2 Å². The van der Waals surface area contributed by atoms with Crippen LogP contribution >= 0.6 is 35.3 Å². The standard InChI is InChI=1S/C33H35N3O4S3.C23H27NO.C3H7NO2/c1-3-5-6-9-19-35-26-13-8-7-12-24(26)16-17-25-20-23(15-18-27(25)35)11-10-14-28-30(38)36(21-40-22-37)32(42-28)29-31(39)34(4-2)33(41)43-29;1-2-3-4-7-16-24-22-11-6-5-10-20(22)13-14-21-18-19(9-8-17-25)12-15-23(21)24;1-3(5)6-4-2/h7-8,10-15,18,20,22H,3-6,9,16-17,19,21H2,1-2H3;5-6,8-12,15,17-18H,2-4,7,13-14,16H2,1H3;4H,1-2H3/b11-10+,28-14+,32-29+;9-8+;. The van der Waals surface area contributed by atoms with Gasteiger partial charge in [0, 0.05) is 56.4 Å². The number of aryl methyl sites for hydroxylation is 4. The molecule has 1 fully saturated rings. The summed E-state index contributed by atoms with van der Waals surface area (Å²) in [5.74, 6) is -0.565. The van der Waals surface area contributed by atoms with Gasteiger partial charge in [0.15, 0.2) is 6.73 Å². The molecule has 12 nitrogen and oxygen atoms in total. The average molecular weight is 1060 g/mol. The number of thiazole rings is 1. The Balaban J connectivity index is 0.000000242. The Labute approximate surface area is 449 Å². The van der Waals surface area contributed by atoms with Crippen LogP contribution in [-0.2, 0) is 61.2 Å². The molecular formula is C59H69N5O7S3. The molecule has 0 saturated carbocycles. The number of hydrogen-bond acceptors (Lipinski definition) is 13. The van der Waals surface area contributed by atoms with E-state index in [1.807, 2.05) is 25.2 Å². The number of fused-ring (bicyclic) bond motifs is 4. The smallest absolute Gasteiger partial charge is 0.321 e. The van der Waals surface area contributed by atoms with E-state index in [1.165, 1.54) is 125 Å². The highest BCUT2D eigenvalue weighted by molar-refractivity contribution is 8.30. The fourth-order valence-corrected chi connectivity index (χ4v) is 11.8. The first-order valence-corrected chi connectivity index (χ1v) is 27.7. The van der Waals surface area contributed by atoms with Gasteiger partial charge in [-0.25, -0.2) is 0 Å². The summed E-state index contributed by atoms with van der Waals surface area (Å²) in [5.41, 5.74) is 14.8. The van der Waals surface area contributed by atoms with Crippen molar-refractivity contribution in [3.05, 3.63) is 150 Å². The number of thioether (sulfide) groups is 1. The van der Waals surface area contributed by atoms with Gasteiger partial charge in [0.2, 0.25) is 0 Å². The van der Waals surface area contributed by atoms with Gasteiger partial charge in [-0.15, -0.1) is 11.3 Å². The van der Waals surface area contributed by atoms with E-state index in [2.05, 4.69) is 119 Å². The number of thiocarbonyl (C=S) groups is 1. The number of allylic oxidation sites excluding steroid dienone is 2. The molecule has 1 saturated heterocycles. The van der Waals surface area contributed by atoms with Gasteiger partial charge < -0.3 is 19.4 Å². The van der Waals surface area contributed by atoms with E-state index >= 15 is 0 Å². The summed E-state index contributed by atoms with van der Waals surface area (Å²) in [5, 5.41) is 0. The Morgan fingerprint density at radius 3 is 1.69 bits per heavy atom. The first-order chi connectivity index (χ1) is 36.1. The highest BCUT2D eigenvalue weighted by Gasteiger charge is 2.33. The van der Waals surface area contributed by atoms with Crippen LogP contribution < -0.4 is 30.0 Å².